The lowest BCUT2D eigenvalue weighted by molar-refractivity contribution is -0.0768. The van der Waals surface area contributed by atoms with Crippen molar-refractivity contribution in [3.05, 3.63) is 0 Å². The van der Waals surface area contributed by atoms with Crippen LogP contribution in [-0.4, -0.2) is 24.4 Å². The lowest BCUT2D eigenvalue weighted by atomic mass is 9.58. The molecule has 16 atom stereocenters. The normalized spacial score (nSPS) is 48.5. The smallest absolute Gasteiger partial charge is 0.155 e. The Kier molecular flexibility index (Phi) is 12.0. The first-order valence-corrected chi connectivity index (χ1v) is 22.6. The van der Waals surface area contributed by atoms with Gasteiger partial charge in [-0.05, 0) is 123 Å². The van der Waals surface area contributed by atoms with E-state index in [0.29, 0.717) is 36.3 Å². The van der Waals surface area contributed by atoms with Gasteiger partial charge in [-0.25, -0.2) is 0 Å². The summed E-state index contributed by atoms with van der Waals surface area (Å²) in [7, 11) is 0.465. The van der Waals surface area contributed by atoms with E-state index in [1.165, 1.54) is 167 Å². The molecule has 0 N–H and O–H groups in total. The molecule has 0 aromatic carbocycles. The monoisotopic (exact) mass is 674 g/mol. The van der Waals surface area contributed by atoms with Gasteiger partial charge < -0.3 is 18.1 Å². The average Bonchev–Trinajstić information content (AvgIpc) is 3.11. The van der Waals surface area contributed by atoms with Crippen LogP contribution in [-0.2, 0) is 18.1 Å². The zero-order chi connectivity index (χ0) is 30.7. The van der Waals surface area contributed by atoms with E-state index in [4.69, 9.17) is 18.1 Å². The maximum atomic E-state index is 7.04. The van der Waals surface area contributed by atoms with E-state index in [1.807, 2.05) is 0 Å². The zero-order valence-corrected chi connectivity index (χ0v) is 31.1. The van der Waals surface area contributed by atoms with Crippen molar-refractivity contribution in [2.24, 2.45) is 59.2 Å². The summed E-state index contributed by atoms with van der Waals surface area (Å²) in [4.78, 5) is 0. The van der Waals surface area contributed by atoms with Crippen molar-refractivity contribution < 1.29 is 18.1 Å². The fourth-order valence-corrected chi connectivity index (χ4v) is 15.0. The molecule has 0 aromatic heterocycles. The standard InChI is InChI=1S/C40H68O4P2/c1-3-15-31-25-39(43-45-41-37-21-9-17-27-11-5-7-19-33(27)37)35(23-29(31)13-1)36-24-30-14-2-4-16-32(30)26-40(36)44-46-42-38-22-10-18-28-12-6-8-20-34(28)38/h27-40,45-46H,1-26H2. The summed E-state index contributed by atoms with van der Waals surface area (Å²) in [6, 6.07) is 0. The molecule has 0 heterocycles. The Hall–Kier alpha value is 0.700. The highest BCUT2D eigenvalue weighted by Crippen LogP contribution is 2.55. The Labute approximate surface area is 286 Å². The van der Waals surface area contributed by atoms with E-state index >= 15 is 0 Å². The highest BCUT2D eigenvalue weighted by atomic mass is 31.1. The van der Waals surface area contributed by atoms with Gasteiger partial charge in [-0.3, -0.25) is 0 Å². The number of hydrogen-bond donors (Lipinski definition) is 0. The van der Waals surface area contributed by atoms with Crippen LogP contribution in [0.1, 0.15) is 167 Å². The molecule has 4 nitrogen and oxygen atoms in total. The first-order chi connectivity index (χ1) is 22.8. The number of fused-ring (bicyclic) bond motifs is 4. The van der Waals surface area contributed by atoms with Crippen LogP contribution >= 0.6 is 18.1 Å². The largest absolute Gasteiger partial charge is 0.333 e. The first-order valence-electron chi connectivity index (χ1n) is 20.9. The van der Waals surface area contributed by atoms with Gasteiger partial charge in [0, 0.05) is 0 Å². The van der Waals surface area contributed by atoms with Crippen molar-refractivity contribution in [1.29, 1.82) is 0 Å². The SMILES string of the molecule is C1CCC2CC(C3CC4CCCCC4CC3OPOC3CCCC4CCCCC43)C(OPOC3CCCC4CCCCC43)CC2C1. The maximum Gasteiger partial charge on any atom is 0.155 e. The molecule has 8 saturated carbocycles. The van der Waals surface area contributed by atoms with Crippen LogP contribution in [0.4, 0.5) is 0 Å². The van der Waals surface area contributed by atoms with Gasteiger partial charge in [0.1, 0.15) is 0 Å². The van der Waals surface area contributed by atoms with Crippen LogP contribution in [0.2, 0.25) is 0 Å². The minimum atomic E-state index is 0.233. The van der Waals surface area contributed by atoms with E-state index in [1.54, 1.807) is 0 Å². The Bertz CT molecular complexity index is 872. The lowest BCUT2D eigenvalue weighted by Gasteiger charge is -2.51. The molecule has 0 aromatic rings. The van der Waals surface area contributed by atoms with E-state index in [0.717, 1.165) is 47.3 Å². The molecule has 0 radical (unpaired) electrons. The molecule has 0 bridgehead atoms. The summed E-state index contributed by atoms with van der Waals surface area (Å²) in [5.41, 5.74) is 0. The van der Waals surface area contributed by atoms with E-state index < -0.39 is 0 Å². The minimum absolute atomic E-state index is 0.233. The predicted octanol–water partition coefficient (Wildman–Crippen LogP) is 12.0. The van der Waals surface area contributed by atoms with Gasteiger partial charge in [0.2, 0.25) is 0 Å². The zero-order valence-electron chi connectivity index (χ0n) is 29.1. The van der Waals surface area contributed by atoms with E-state index in [9.17, 15) is 0 Å². The molecule has 262 valence electrons. The minimum Gasteiger partial charge on any atom is -0.333 e. The third-order valence-corrected chi connectivity index (χ3v) is 17.3. The summed E-state index contributed by atoms with van der Waals surface area (Å²) >= 11 is 0. The lowest BCUT2D eigenvalue weighted by Crippen LogP contribution is -2.48. The maximum absolute atomic E-state index is 7.04. The summed E-state index contributed by atoms with van der Waals surface area (Å²) in [5, 5.41) is 0. The van der Waals surface area contributed by atoms with Crippen molar-refractivity contribution in [3.8, 4) is 0 Å². The second-order valence-electron chi connectivity index (χ2n) is 18.0. The van der Waals surface area contributed by atoms with Gasteiger partial charge in [0.05, 0.1) is 24.4 Å². The van der Waals surface area contributed by atoms with Crippen molar-refractivity contribution in [1.82, 2.24) is 0 Å². The van der Waals surface area contributed by atoms with E-state index in [2.05, 4.69) is 0 Å². The second kappa shape index (κ2) is 16.4. The fourth-order valence-electron chi connectivity index (χ4n) is 13.3. The third-order valence-electron chi connectivity index (χ3n) is 15.7. The number of rotatable bonds is 9. The van der Waals surface area contributed by atoms with E-state index in [-0.39, 0.29) is 18.1 Å². The van der Waals surface area contributed by atoms with Gasteiger partial charge >= 0.3 is 0 Å². The average molecular weight is 675 g/mol. The van der Waals surface area contributed by atoms with Crippen molar-refractivity contribution in [2.45, 2.75) is 191 Å². The third kappa shape index (κ3) is 7.79. The summed E-state index contributed by atoms with van der Waals surface area (Å²) in [6.07, 6.45) is 38.0. The van der Waals surface area contributed by atoms with Crippen LogP contribution in [0.3, 0.4) is 0 Å². The Morgan fingerprint density at radius 2 is 0.587 bits per heavy atom. The van der Waals surface area contributed by atoms with Crippen LogP contribution in [0, 0.1) is 59.2 Å². The predicted molar refractivity (Wildman–Crippen MR) is 191 cm³/mol. The molecule has 6 heteroatoms. The van der Waals surface area contributed by atoms with Gasteiger partial charge in [-0.2, -0.15) is 0 Å². The molecule has 0 saturated heterocycles. The molecule has 0 spiro atoms. The van der Waals surface area contributed by atoms with Crippen LogP contribution in [0.25, 0.3) is 0 Å². The molecule has 46 heavy (non-hydrogen) atoms. The van der Waals surface area contributed by atoms with Gasteiger partial charge in [0.15, 0.2) is 18.1 Å². The summed E-state index contributed by atoms with van der Waals surface area (Å²) < 4.78 is 27.6. The van der Waals surface area contributed by atoms with Crippen molar-refractivity contribution in [3.63, 3.8) is 0 Å². The molecule has 8 aliphatic carbocycles. The van der Waals surface area contributed by atoms with Crippen LogP contribution in [0.15, 0.2) is 0 Å². The molecule has 16 unspecified atom stereocenters. The highest BCUT2D eigenvalue weighted by molar-refractivity contribution is 7.26. The Balaban J connectivity index is 0.944. The molecular formula is C40H68O4P2. The topological polar surface area (TPSA) is 36.9 Å². The van der Waals surface area contributed by atoms with Crippen molar-refractivity contribution in [2.75, 3.05) is 0 Å². The molecule has 8 rings (SSSR count). The molecule has 0 aliphatic heterocycles. The molecule has 8 fully saturated rings. The second-order valence-corrected chi connectivity index (χ2v) is 19.2. The summed E-state index contributed by atoms with van der Waals surface area (Å²) in [5.74, 6) is 8.31. The first kappa shape index (κ1) is 33.8. The van der Waals surface area contributed by atoms with Crippen molar-refractivity contribution >= 4 is 18.1 Å². The summed E-state index contributed by atoms with van der Waals surface area (Å²) in [6.45, 7) is 0. The molecule has 0 amide bonds. The molecule has 8 aliphatic rings. The Morgan fingerprint density at radius 1 is 0.261 bits per heavy atom. The van der Waals surface area contributed by atoms with Gasteiger partial charge in [-0.1, -0.05) is 103 Å². The fraction of sp³-hybridized carbons (Fsp3) is 1.00. The van der Waals surface area contributed by atoms with Gasteiger partial charge in [-0.15, -0.1) is 0 Å². The highest BCUT2D eigenvalue weighted by Gasteiger charge is 2.49. The number of hydrogen-bond acceptors (Lipinski definition) is 4. The van der Waals surface area contributed by atoms with Crippen LogP contribution < -0.4 is 0 Å². The molecular weight excluding hydrogens is 606 g/mol. The Morgan fingerprint density at radius 3 is 1.02 bits per heavy atom. The van der Waals surface area contributed by atoms with Gasteiger partial charge in [0.25, 0.3) is 0 Å². The van der Waals surface area contributed by atoms with Crippen LogP contribution in [0.5, 0.6) is 0 Å². The quantitative estimate of drug-likeness (QED) is 0.228.